The molecule has 0 aliphatic carbocycles. The monoisotopic (exact) mass is 234 g/mol. The average molecular weight is 234 g/mol. The molecule has 0 fully saturated rings. The number of aromatic nitrogens is 2. The lowest BCUT2D eigenvalue weighted by Gasteiger charge is -2.04. The van der Waals surface area contributed by atoms with Crippen LogP contribution in [-0.2, 0) is 0 Å². The molecule has 1 heterocycles. The van der Waals surface area contributed by atoms with Crippen molar-refractivity contribution >= 4 is 17.4 Å². The predicted molar refractivity (Wildman–Crippen MR) is 62.1 cm³/mol. The van der Waals surface area contributed by atoms with E-state index in [0.29, 0.717) is 11.3 Å². The lowest BCUT2D eigenvalue weighted by Crippen LogP contribution is -2.12. The topological polar surface area (TPSA) is 83.8 Å². The van der Waals surface area contributed by atoms with E-state index in [4.69, 9.17) is 5.73 Å². The number of H-pyrrole nitrogens is 1. The molecular weight excluding hydrogens is 223 g/mol. The number of nitrogens with one attached hydrogen (secondary N) is 2. The maximum atomic E-state index is 13.0. The molecule has 0 aliphatic heterocycles. The quantitative estimate of drug-likeness (QED) is 0.739. The SMILES string of the molecule is Cc1cc(NC(=O)c2cc(N)n[nH]2)ccc1F. The van der Waals surface area contributed by atoms with Gasteiger partial charge in [0, 0.05) is 11.8 Å². The van der Waals surface area contributed by atoms with E-state index in [-0.39, 0.29) is 23.2 Å². The van der Waals surface area contributed by atoms with Crippen LogP contribution in [0.15, 0.2) is 24.3 Å². The molecule has 2 rings (SSSR count). The van der Waals surface area contributed by atoms with Gasteiger partial charge in [-0.05, 0) is 30.7 Å². The molecule has 2 aromatic rings. The first-order chi connectivity index (χ1) is 8.06. The van der Waals surface area contributed by atoms with E-state index in [1.165, 1.54) is 18.2 Å². The van der Waals surface area contributed by atoms with Crippen molar-refractivity contribution in [1.82, 2.24) is 10.2 Å². The van der Waals surface area contributed by atoms with Gasteiger partial charge in [-0.15, -0.1) is 0 Å². The number of amides is 1. The number of rotatable bonds is 2. The molecule has 4 N–H and O–H groups in total. The highest BCUT2D eigenvalue weighted by Gasteiger charge is 2.09. The number of carbonyl (C=O) groups excluding carboxylic acids is 1. The number of benzene rings is 1. The Morgan fingerprint density at radius 2 is 2.24 bits per heavy atom. The number of aromatic amines is 1. The Morgan fingerprint density at radius 3 is 2.82 bits per heavy atom. The summed E-state index contributed by atoms with van der Waals surface area (Å²) >= 11 is 0. The summed E-state index contributed by atoms with van der Waals surface area (Å²) in [5, 5.41) is 8.74. The van der Waals surface area contributed by atoms with Crippen LogP contribution in [0.5, 0.6) is 0 Å². The number of anilines is 2. The van der Waals surface area contributed by atoms with Gasteiger partial charge in [-0.3, -0.25) is 9.89 Å². The third kappa shape index (κ3) is 2.41. The van der Waals surface area contributed by atoms with Gasteiger partial charge in [0.15, 0.2) is 0 Å². The highest BCUT2D eigenvalue weighted by molar-refractivity contribution is 6.03. The molecule has 0 saturated carbocycles. The van der Waals surface area contributed by atoms with Crippen molar-refractivity contribution in [3.63, 3.8) is 0 Å². The Hall–Kier alpha value is -2.37. The van der Waals surface area contributed by atoms with Crippen molar-refractivity contribution in [2.45, 2.75) is 6.92 Å². The van der Waals surface area contributed by atoms with Crippen LogP contribution in [-0.4, -0.2) is 16.1 Å². The lowest BCUT2D eigenvalue weighted by molar-refractivity contribution is 0.102. The number of hydrogen-bond acceptors (Lipinski definition) is 3. The second kappa shape index (κ2) is 4.25. The summed E-state index contributed by atoms with van der Waals surface area (Å²) < 4.78 is 13.0. The van der Waals surface area contributed by atoms with Crippen molar-refractivity contribution < 1.29 is 9.18 Å². The number of halogens is 1. The van der Waals surface area contributed by atoms with Crippen LogP contribution in [0.1, 0.15) is 16.1 Å². The van der Waals surface area contributed by atoms with Crippen molar-refractivity contribution in [2.24, 2.45) is 0 Å². The first-order valence-electron chi connectivity index (χ1n) is 4.94. The number of hydrogen-bond donors (Lipinski definition) is 3. The molecule has 1 amide bonds. The summed E-state index contributed by atoms with van der Waals surface area (Å²) in [6.45, 7) is 1.62. The number of nitrogens with two attached hydrogens (primary N) is 1. The normalized spacial score (nSPS) is 10.2. The number of nitrogens with zero attached hydrogens (tertiary/aromatic N) is 1. The molecule has 0 spiro atoms. The van der Waals surface area contributed by atoms with E-state index >= 15 is 0 Å². The second-order valence-electron chi connectivity index (χ2n) is 3.62. The molecule has 17 heavy (non-hydrogen) atoms. The average Bonchev–Trinajstić information content (AvgIpc) is 2.70. The molecule has 1 aromatic heterocycles. The first-order valence-corrected chi connectivity index (χ1v) is 4.94. The van der Waals surface area contributed by atoms with Gasteiger partial charge in [-0.25, -0.2) is 4.39 Å². The standard InChI is InChI=1S/C11H11FN4O/c1-6-4-7(2-3-8(6)12)14-11(17)9-5-10(13)16-15-9/h2-5H,1H3,(H,14,17)(H3,13,15,16). The molecule has 0 unspecified atom stereocenters. The van der Waals surface area contributed by atoms with E-state index < -0.39 is 0 Å². The zero-order valence-electron chi connectivity index (χ0n) is 9.12. The molecule has 0 radical (unpaired) electrons. The van der Waals surface area contributed by atoms with Crippen molar-refractivity contribution in [2.75, 3.05) is 11.1 Å². The minimum atomic E-state index is -0.375. The van der Waals surface area contributed by atoms with E-state index in [1.54, 1.807) is 13.0 Å². The first kappa shape index (κ1) is 11.1. The van der Waals surface area contributed by atoms with E-state index in [2.05, 4.69) is 15.5 Å². The number of carbonyl (C=O) groups is 1. The molecular formula is C11H11FN4O. The smallest absolute Gasteiger partial charge is 0.273 e. The molecule has 0 atom stereocenters. The van der Waals surface area contributed by atoms with Gasteiger partial charge >= 0.3 is 0 Å². The summed E-state index contributed by atoms with van der Waals surface area (Å²) in [5.41, 5.74) is 6.62. The molecule has 0 bridgehead atoms. The fourth-order valence-corrected chi connectivity index (χ4v) is 1.37. The maximum Gasteiger partial charge on any atom is 0.273 e. The molecule has 6 heteroatoms. The van der Waals surface area contributed by atoms with Crippen LogP contribution in [0.4, 0.5) is 15.9 Å². The van der Waals surface area contributed by atoms with Crippen molar-refractivity contribution in [3.05, 3.63) is 41.3 Å². The van der Waals surface area contributed by atoms with Gasteiger partial charge in [0.05, 0.1) is 0 Å². The Balaban J connectivity index is 2.15. The highest BCUT2D eigenvalue weighted by Crippen LogP contribution is 2.14. The van der Waals surface area contributed by atoms with E-state index in [9.17, 15) is 9.18 Å². The van der Waals surface area contributed by atoms with Gasteiger partial charge in [0.2, 0.25) is 0 Å². The number of nitrogen functional groups attached to an aromatic ring is 1. The summed E-state index contributed by atoms with van der Waals surface area (Å²) in [6, 6.07) is 5.75. The van der Waals surface area contributed by atoms with Gasteiger partial charge in [0.25, 0.3) is 5.91 Å². The Kier molecular flexibility index (Phi) is 2.78. The third-order valence-corrected chi connectivity index (χ3v) is 2.26. The zero-order valence-corrected chi connectivity index (χ0v) is 9.12. The van der Waals surface area contributed by atoms with Crippen LogP contribution in [0.2, 0.25) is 0 Å². The molecule has 1 aromatic carbocycles. The predicted octanol–water partition coefficient (Wildman–Crippen LogP) is 1.69. The molecule has 88 valence electrons. The van der Waals surface area contributed by atoms with Crippen LogP contribution in [0.25, 0.3) is 0 Å². The van der Waals surface area contributed by atoms with Crippen LogP contribution in [0, 0.1) is 12.7 Å². The van der Waals surface area contributed by atoms with Crippen LogP contribution < -0.4 is 11.1 Å². The Bertz CT molecular complexity index is 564. The van der Waals surface area contributed by atoms with Crippen molar-refractivity contribution in [1.29, 1.82) is 0 Å². The van der Waals surface area contributed by atoms with E-state index in [0.717, 1.165) is 0 Å². The summed E-state index contributed by atoms with van der Waals surface area (Å²) in [4.78, 5) is 11.7. The Morgan fingerprint density at radius 1 is 1.47 bits per heavy atom. The van der Waals surface area contributed by atoms with Gasteiger partial charge in [0.1, 0.15) is 17.3 Å². The fraction of sp³-hybridized carbons (Fsp3) is 0.0909. The highest BCUT2D eigenvalue weighted by atomic mass is 19.1. The number of aryl methyl sites for hydroxylation is 1. The van der Waals surface area contributed by atoms with Crippen LogP contribution in [0.3, 0.4) is 0 Å². The summed E-state index contributed by atoms with van der Waals surface area (Å²) in [5.74, 6) is -0.445. The second-order valence-corrected chi connectivity index (χ2v) is 3.62. The van der Waals surface area contributed by atoms with E-state index in [1.807, 2.05) is 0 Å². The van der Waals surface area contributed by atoms with Crippen molar-refractivity contribution in [3.8, 4) is 0 Å². The Labute approximate surface area is 96.8 Å². The molecule has 5 nitrogen and oxygen atoms in total. The van der Waals surface area contributed by atoms with Gasteiger partial charge in [-0.2, -0.15) is 5.10 Å². The minimum absolute atomic E-state index is 0.241. The lowest BCUT2D eigenvalue weighted by atomic mass is 10.2. The molecule has 0 saturated heterocycles. The third-order valence-electron chi connectivity index (χ3n) is 2.26. The van der Waals surface area contributed by atoms with Gasteiger partial charge < -0.3 is 11.1 Å². The van der Waals surface area contributed by atoms with Gasteiger partial charge in [-0.1, -0.05) is 0 Å². The zero-order chi connectivity index (χ0) is 12.4. The fourth-order valence-electron chi connectivity index (χ4n) is 1.37. The van der Waals surface area contributed by atoms with Crippen LogP contribution >= 0.6 is 0 Å². The summed E-state index contributed by atoms with van der Waals surface area (Å²) in [7, 11) is 0. The summed E-state index contributed by atoms with van der Waals surface area (Å²) in [6.07, 6.45) is 0. The molecule has 0 aliphatic rings. The maximum absolute atomic E-state index is 13.0. The minimum Gasteiger partial charge on any atom is -0.382 e. The largest absolute Gasteiger partial charge is 0.382 e.